The number of pyridine rings is 1. The maximum absolute atomic E-state index is 6.34. The van der Waals surface area contributed by atoms with Gasteiger partial charge in [-0.05, 0) is 67.5 Å². The van der Waals surface area contributed by atoms with Gasteiger partial charge in [-0.15, -0.1) is 0 Å². The van der Waals surface area contributed by atoms with E-state index in [-0.39, 0.29) is 12.1 Å². The molecule has 2 unspecified atom stereocenters. The summed E-state index contributed by atoms with van der Waals surface area (Å²) in [7, 11) is 0. The summed E-state index contributed by atoms with van der Waals surface area (Å²) in [6.45, 7) is 5.06. The summed E-state index contributed by atoms with van der Waals surface area (Å²) >= 11 is 11.8. The minimum Gasteiger partial charge on any atom is -0.459 e. The first-order valence-corrected chi connectivity index (χ1v) is 10.2. The molecule has 0 bridgehead atoms. The molecule has 1 N–H and O–H groups in total. The molecular formula is C22H22ClN3OS. The predicted octanol–water partition coefficient (Wildman–Crippen LogP) is 5.69. The van der Waals surface area contributed by atoms with Crippen LogP contribution in [0.2, 0.25) is 5.02 Å². The van der Waals surface area contributed by atoms with Crippen LogP contribution in [0.25, 0.3) is 11.3 Å². The van der Waals surface area contributed by atoms with Crippen molar-refractivity contribution in [1.29, 1.82) is 0 Å². The van der Waals surface area contributed by atoms with Crippen molar-refractivity contribution in [3.05, 3.63) is 76.8 Å². The van der Waals surface area contributed by atoms with E-state index < -0.39 is 0 Å². The van der Waals surface area contributed by atoms with Crippen molar-refractivity contribution in [2.75, 3.05) is 6.54 Å². The molecule has 0 saturated carbocycles. The number of rotatable bonds is 5. The van der Waals surface area contributed by atoms with Gasteiger partial charge < -0.3 is 14.6 Å². The van der Waals surface area contributed by atoms with Crippen molar-refractivity contribution in [2.45, 2.75) is 32.4 Å². The van der Waals surface area contributed by atoms with Crippen molar-refractivity contribution in [2.24, 2.45) is 0 Å². The average molecular weight is 412 g/mol. The fourth-order valence-corrected chi connectivity index (χ4v) is 4.22. The normalized spacial score (nSPS) is 19.1. The van der Waals surface area contributed by atoms with Crippen LogP contribution in [0.1, 0.15) is 42.4 Å². The van der Waals surface area contributed by atoms with Crippen molar-refractivity contribution >= 4 is 28.9 Å². The van der Waals surface area contributed by atoms with E-state index in [4.69, 9.17) is 28.2 Å². The van der Waals surface area contributed by atoms with Gasteiger partial charge in [-0.25, -0.2) is 0 Å². The van der Waals surface area contributed by atoms with Gasteiger partial charge in [-0.3, -0.25) is 4.98 Å². The molecule has 4 nitrogen and oxygen atoms in total. The van der Waals surface area contributed by atoms with Crippen LogP contribution in [0.5, 0.6) is 0 Å². The fourth-order valence-electron chi connectivity index (χ4n) is 3.71. The Morgan fingerprint density at radius 1 is 1.21 bits per heavy atom. The van der Waals surface area contributed by atoms with Crippen molar-refractivity contribution in [3.63, 3.8) is 0 Å². The van der Waals surface area contributed by atoms with Crippen LogP contribution in [0, 0.1) is 6.92 Å². The Labute approximate surface area is 175 Å². The summed E-state index contributed by atoms with van der Waals surface area (Å²) in [5.74, 6) is 1.68. The zero-order valence-corrected chi connectivity index (χ0v) is 17.4. The molecule has 0 aliphatic carbocycles. The maximum atomic E-state index is 6.34. The third-order valence-corrected chi connectivity index (χ3v) is 5.63. The van der Waals surface area contributed by atoms with Crippen LogP contribution in [0.4, 0.5) is 0 Å². The van der Waals surface area contributed by atoms with Crippen molar-refractivity contribution in [1.82, 2.24) is 15.2 Å². The Morgan fingerprint density at radius 2 is 2.07 bits per heavy atom. The van der Waals surface area contributed by atoms with Gasteiger partial charge in [0.2, 0.25) is 0 Å². The Balaban J connectivity index is 1.75. The lowest BCUT2D eigenvalue weighted by Gasteiger charge is -2.25. The molecule has 1 aliphatic rings. The quantitative estimate of drug-likeness (QED) is 0.546. The first-order chi connectivity index (χ1) is 13.6. The zero-order valence-electron chi connectivity index (χ0n) is 15.9. The van der Waals surface area contributed by atoms with Gasteiger partial charge in [-0.1, -0.05) is 30.7 Å². The monoisotopic (exact) mass is 411 g/mol. The van der Waals surface area contributed by atoms with Crippen LogP contribution in [-0.2, 0) is 0 Å². The molecule has 3 aromatic rings. The van der Waals surface area contributed by atoms with E-state index >= 15 is 0 Å². The summed E-state index contributed by atoms with van der Waals surface area (Å²) in [4.78, 5) is 6.74. The van der Waals surface area contributed by atoms with Gasteiger partial charge in [-0.2, -0.15) is 0 Å². The second-order valence-electron chi connectivity index (χ2n) is 6.98. The molecule has 2 atom stereocenters. The van der Waals surface area contributed by atoms with Crippen LogP contribution >= 0.6 is 23.8 Å². The van der Waals surface area contributed by atoms with Gasteiger partial charge in [0.15, 0.2) is 5.11 Å². The van der Waals surface area contributed by atoms with E-state index in [0.29, 0.717) is 5.02 Å². The first-order valence-electron chi connectivity index (χ1n) is 9.43. The summed E-state index contributed by atoms with van der Waals surface area (Å²) < 4.78 is 6.34. The van der Waals surface area contributed by atoms with Crippen LogP contribution in [0.15, 0.2) is 59.1 Å². The lowest BCUT2D eigenvalue weighted by Crippen LogP contribution is -2.30. The SMILES string of the molecule is CCCN1C(=S)NC(c2ccccn2)C1c1ccc(-c2cc(Cl)ccc2C)o1. The second-order valence-corrected chi connectivity index (χ2v) is 7.80. The number of aryl methyl sites for hydroxylation is 1. The first kappa shape index (κ1) is 19.0. The number of nitrogens with one attached hydrogen (secondary N) is 1. The molecule has 3 heterocycles. The third kappa shape index (κ3) is 3.52. The second kappa shape index (κ2) is 7.94. The molecule has 144 valence electrons. The molecule has 0 radical (unpaired) electrons. The number of benzene rings is 1. The van der Waals surface area contributed by atoms with Crippen molar-refractivity contribution in [3.8, 4) is 11.3 Å². The standard InChI is InChI=1S/C22H22ClN3OS/c1-3-12-26-21(20(25-22(26)28)17-6-4-5-11-24-17)19-10-9-18(27-19)16-13-15(23)8-7-14(16)2/h4-11,13,20-21H,3,12H2,1-2H3,(H,25,28). The molecule has 4 rings (SSSR count). The highest BCUT2D eigenvalue weighted by atomic mass is 35.5. The molecule has 1 aliphatic heterocycles. The Bertz CT molecular complexity index is 988. The smallest absolute Gasteiger partial charge is 0.170 e. The molecule has 2 aromatic heterocycles. The summed E-state index contributed by atoms with van der Waals surface area (Å²) in [5.41, 5.74) is 3.08. The van der Waals surface area contributed by atoms with Crippen LogP contribution in [0.3, 0.4) is 0 Å². The molecular weight excluding hydrogens is 390 g/mol. The fraction of sp³-hybridized carbons (Fsp3) is 0.273. The van der Waals surface area contributed by atoms with Gasteiger partial charge in [0.1, 0.15) is 17.6 Å². The van der Waals surface area contributed by atoms with Gasteiger partial charge in [0.05, 0.1) is 11.7 Å². The molecule has 1 saturated heterocycles. The Hall–Kier alpha value is -2.37. The predicted molar refractivity (Wildman–Crippen MR) is 116 cm³/mol. The van der Waals surface area contributed by atoms with E-state index in [1.54, 1.807) is 0 Å². The number of nitrogens with zero attached hydrogens (tertiary/aromatic N) is 2. The summed E-state index contributed by atoms with van der Waals surface area (Å²) in [6.07, 6.45) is 2.80. The Kier molecular flexibility index (Phi) is 5.38. The summed E-state index contributed by atoms with van der Waals surface area (Å²) in [5, 5.41) is 4.87. The lowest BCUT2D eigenvalue weighted by atomic mass is 10.0. The molecule has 0 spiro atoms. The van der Waals surface area contributed by atoms with Gasteiger partial charge in [0.25, 0.3) is 0 Å². The maximum Gasteiger partial charge on any atom is 0.170 e. The van der Waals surface area contributed by atoms with E-state index in [0.717, 1.165) is 46.4 Å². The highest BCUT2D eigenvalue weighted by Gasteiger charge is 2.41. The molecule has 28 heavy (non-hydrogen) atoms. The van der Waals surface area contributed by atoms with E-state index in [1.807, 2.05) is 54.7 Å². The number of furan rings is 1. The number of halogens is 1. The highest BCUT2D eigenvalue weighted by molar-refractivity contribution is 7.80. The number of hydrogen-bond donors (Lipinski definition) is 1. The highest BCUT2D eigenvalue weighted by Crippen LogP contribution is 2.41. The number of aromatic nitrogens is 1. The van der Waals surface area contributed by atoms with Crippen molar-refractivity contribution < 1.29 is 4.42 Å². The molecule has 1 fully saturated rings. The van der Waals surface area contributed by atoms with Gasteiger partial charge in [0, 0.05) is 23.3 Å². The van der Waals surface area contributed by atoms with Crippen LogP contribution < -0.4 is 5.32 Å². The molecule has 6 heteroatoms. The third-order valence-electron chi connectivity index (χ3n) is 5.05. The largest absolute Gasteiger partial charge is 0.459 e. The molecule has 1 aromatic carbocycles. The summed E-state index contributed by atoms with van der Waals surface area (Å²) in [6, 6.07) is 15.7. The van der Waals surface area contributed by atoms with E-state index in [2.05, 4.69) is 29.0 Å². The van der Waals surface area contributed by atoms with E-state index in [9.17, 15) is 0 Å². The Morgan fingerprint density at radius 3 is 2.82 bits per heavy atom. The van der Waals surface area contributed by atoms with Crippen LogP contribution in [-0.4, -0.2) is 21.5 Å². The minimum absolute atomic E-state index is 0.0457. The average Bonchev–Trinajstić information content (AvgIpc) is 3.30. The molecule has 0 amide bonds. The number of thiocarbonyl (C=S) groups is 1. The number of hydrogen-bond acceptors (Lipinski definition) is 3. The van der Waals surface area contributed by atoms with Gasteiger partial charge >= 0.3 is 0 Å². The zero-order chi connectivity index (χ0) is 19.7. The topological polar surface area (TPSA) is 41.3 Å². The lowest BCUT2D eigenvalue weighted by molar-refractivity contribution is 0.275. The minimum atomic E-state index is -0.0558. The van der Waals surface area contributed by atoms with E-state index in [1.165, 1.54) is 0 Å².